The Hall–Kier alpha value is -0.340. The molecule has 1 aliphatic rings. The van der Waals surface area contributed by atoms with Crippen LogP contribution in [0.1, 0.15) is 31.7 Å². The highest BCUT2D eigenvalue weighted by molar-refractivity contribution is 9.10. The van der Waals surface area contributed by atoms with Gasteiger partial charge in [0.25, 0.3) is 0 Å². The van der Waals surface area contributed by atoms with Crippen molar-refractivity contribution in [2.45, 2.75) is 38.7 Å². The summed E-state index contributed by atoms with van der Waals surface area (Å²) in [6.45, 7) is 2.27. The predicted molar refractivity (Wildman–Crippen MR) is 70.4 cm³/mol. The maximum atomic E-state index is 10.2. The van der Waals surface area contributed by atoms with Crippen LogP contribution in [0.3, 0.4) is 0 Å². The molecule has 1 saturated carbocycles. The van der Waals surface area contributed by atoms with Crippen LogP contribution in [0.5, 0.6) is 0 Å². The Morgan fingerprint density at radius 1 is 1.44 bits per heavy atom. The average Bonchev–Trinajstić information content (AvgIpc) is 2.64. The lowest BCUT2D eigenvalue weighted by Gasteiger charge is -2.22. The fourth-order valence-corrected chi connectivity index (χ4v) is 3.25. The summed E-state index contributed by atoms with van der Waals surface area (Å²) in [5, 5.41) is 10.2. The summed E-state index contributed by atoms with van der Waals surface area (Å²) in [7, 11) is 0. The molecule has 3 atom stereocenters. The van der Waals surface area contributed by atoms with Gasteiger partial charge in [0, 0.05) is 4.47 Å². The van der Waals surface area contributed by atoms with Crippen molar-refractivity contribution in [1.82, 2.24) is 0 Å². The fourth-order valence-electron chi connectivity index (χ4n) is 2.80. The van der Waals surface area contributed by atoms with E-state index in [1.54, 1.807) is 0 Å². The van der Waals surface area contributed by atoms with E-state index >= 15 is 0 Å². The molecule has 1 aromatic rings. The standard InChI is InChI=1S/C14H19BrO/c1-10-4-2-7-13(10)14(16)9-11-5-3-6-12(15)8-11/h3,5-6,8,10,13-14,16H,2,4,7,9H2,1H3. The van der Waals surface area contributed by atoms with Crippen LogP contribution in [0.4, 0.5) is 0 Å². The highest BCUT2D eigenvalue weighted by atomic mass is 79.9. The molecule has 2 heteroatoms. The van der Waals surface area contributed by atoms with E-state index in [1.165, 1.54) is 24.8 Å². The molecule has 0 aromatic heterocycles. The number of aliphatic hydroxyl groups is 1. The lowest BCUT2D eigenvalue weighted by molar-refractivity contribution is 0.0901. The summed E-state index contributed by atoms with van der Waals surface area (Å²) in [6.07, 6.45) is 4.36. The highest BCUT2D eigenvalue weighted by Crippen LogP contribution is 2.34. The van der Waals surface area contributed by atoms with Crippen molar-refractivity contribution in [1.29, 1.82) is 0 Å². The molecule has 3 unspecified atom stereocenters. The van der Waals surface area contributed by atoms with E-state index in [1.807, 2.05) is 12.1 Å². The fraction of sp³-hybridized carbons (Fsp3) is 0.571. The molecule has 1 aromatic carbocycles. The largest absolute Gasteiger partial charge is 0.392 e. The first-order chi connectivity index (χ1) is 7.66. The normalized spacial score (nSPS) is 26.9. The van der Waals surface area contributed by atoms with Crippen molar-refractivity contribution >= 4 is 15.9 Å². The van der Waals surface area contributed by atoms with Gasteiger partial charge in [-0.25, -0.2) is 0 Å². The zero-order valence-electron chi connectivity index (χ0n) is 9.70. The van der Waals surface area contributed by atoms with E-state index in [4.69, 9.17) is 0 Å². The molecule has 1 nitrogen and oxygen atoms in total. The number of rotatable bonds is 3. The second kappa shape index (κ2) is 5.33. The van der Waals surface area contributed by atoms with E-state index in [2.05, 4.69) is 35.0 Å². The topological polar surface area (TPSA) is 20.2 Å². The first kappa shape index (κ1) is 12.1. The Kier molecular flexibility index (Phi) is 4.04. The van der Waals surface area contributed by atoms with E-state index in [-0.39, 0.29) is 6.10 Å². The third-order valence-corrected chi connectivity index (χ3v) is 4.25. The minimum Gasteiger partial charge on any atom is -0.392 e. The molecule has 2 rings (SSSR count). The van der Waals surface area contributed by atoms with Crippen molar-refractivity contribution in [3.8, 4) is 0 Å². The average molecular weight is 283 g/mol. The summed E-state index contributed by atoms with van der Waals surface area (Å²) >= 11 is 3.47. The van der Waals surface area contributed by atoms with E-state index in [0.29, 0.717) is 11.8 Å². The van der Waals surface area contributed by atoms with Gasteiger partial charge in [-0.05, 0) is 42.4 Å². The van der Waals surface area contributed by atoms with Crippen molar-refractivity contribution in [2.75, 3.05) is 0 Å². The Labute approximate surface area is 106 Å². The summed E-state index contributed by atoms with van der Waals surface area (Å²) < 4.78 is 1.09. The van der Waals surface area contributed by atoms with Gasteiger partial charge in [0.2, 0.25) is 0 Å². The van der Waals surface area contributed by atoms with Gasteiger partial charge in [0.1, 0.15) is 0 Å². The molecule has 88 valence electrons. The second-order valence-electron chi connectivity index (χ2n) is 4.97. The maximum Gasteiger partial charge on any atom is 0.0611 e. The van der Waals surface area contributed by atoms with E-state index in [0.717, 1.165) is 10.9 Å². The smallest absolute Gasteiger partial charge is 0.0611 e. The Morgan fingerprint density at radius 2 is 2.25 bits per heavy atom. The van der Waals surface area contributed by atoms with Crippen molar-refractivity contribution < 1.29 is 5.11 Å². The molecule has 0 aliphatic heterocycles. The van der Waals surface area contributed by atoms with Crippen molar-refractivity contribution in [2.24, 2.45) is 11.8 Å². The Morgan fingerprint density at radius 3 is 2.88 bits per heavy atom. The predicted octanol–water partition coefficient (Wildman–Crippen LogP) is 3.79. The summed E-state index contributed by atoms with van der Waals surface area (Å²) in [5.41, 5.74) is 1.22. The molecule has 16 heavy (non-hydrogen) atoms. The molecule has 1 N–H and O–H groups in total. The van der Waals surface area contributed by atoms with Gasteiger partial charge in [0.05, 0.1) is 6.10 Å². The molecule has 0 heterocycles. The van der Waals surface area contributed by atoms with Crippen LogP contribution in [0, 0.1) is 11.8 Å². The molecule has 0 saturated heterocycles. The lowest BCUT2D eigenvalue weighted by Crippen LogP contribution is -2.24. The van der Waals surface area contributed by atoms with Crippen LogP contribution in [0.2, 0.25) is 0 Å². The summed E-state index contributed by atoms with van der Waals surface area (Å²) in [6, 6.07) is 8.24. The zero-order chi connectivity index (χ0) is 11.5. The van der Waals surface area contributed by atoms with E-state index < -0.39 is 0 Å². The third kappa shape index (κ3) is 2.86. The van der Waals surface area contributed by atoms with Gasteiger partial charge in [0.15, 0.2) is 0 Å². The molecular formula is C14H19BrO. The van der Waals surface area contributed by atoms with Crippen molar-refractivity contribution in [3.05, 3.63) is 34.3 Å². The number of hydrogen-bond donors (Lipinski definition) is 1. The number of benzene rings is 1. The summed E-state index contributed by atoms with van der Waals surface area (Å²) in [5.74, 6) is 1.18. The SMILES string of the molecule is CC1CCCC1C(O)Cc1cccc(Br)c1. The van der Waals surface area contributed by atoms with Gasteiger partial charge in [-0.15, -0.1) is 0 Å². The quantitative estimate of drug-likeness (QED) is 0.894. The summed E-state index contributed by atoms with van der Waals surface area (Å²) in [4.78, 5) is 0. The van der Waals surface area contributed by atoms with Crippen LogP contribution in [-0.4, -0.2) is 11.2 Å². The first-order valence-electron chi connectivity index (χ1n) is 6.09. The molecule has 1 aliphatic carbocycles. The van der Waals surface area contributed by atoms with Gasteiger partial charge in [-0.1, -0.05) is 47.8 Å². The molecule has 1 fully saturated rings. The van der Waals surface area contributed by atoms with Crippen LogP contribution in [0.15, 0.2) is 28.7 Å². The highest BCUT2D eigenvalue weighted by Gasteiger charge is 2.29. The van der Waals surface area contributed by atoms with Crippen LogP contribution in [0.25, 0.3) is 0 Å². The molecule has 0 bridgehead atoms. The Bertz CT molecular complexity index is 350. The zero-order valence-corrected chi connectivity index (χ0v) is 11.3. The second-order valence-corrected chi connectivity index (χ2v) is 5.89. The van der Waals surface area contributed by atoms with E-state index in [9.17, 15) is 5.11 Å². The van der Waals surface area contributed by atoms with Gasteiger partial charge in [-0.2, -0.15) is 0 Å². The number of halogens is 1. The van der Waals surface area contributed by atoms with Crippen molar-refractivity contribution in [3.63, 3.8) is 0 Å². The molecule has 0 spiro atoms. The number of hydrogen-bond acceptors (Lipinski definition) is 1. The maximum absolute atomic E-state index is 10.2. The Balaban J connectivity index is 1.99. The molecule has 0 radical (unpaired) electrons. The van der Waals surface area contributed by atoms with Gasteiger partial charge in [-0.3, -0.25) is 0 Å². The minimum absolute atomic E-state index is 0.174. The molecular weight excluding hydrogens is 264 g/mol. The third-order valence-electron chi connectivity index (χ3n) is 3.76. The van der Waals surface area contributed by atoms with Gasteiger partial charge < -0.3 is 5.11 Å². The van der Waals surface area contributed by atoms with Gasteiger partial charge >= 0.3 is 0 Å². The van der Waals surface area contributed by atoms with Crippen LogP contribution in [-0.2, 0) is 6.42 Å². The molecule has 0 amide bonds. The number of aliphatic hydroxyl groups excluding tert-OH is 1. The minimum atomic E-state index is -0.174. The monoisotopic (exact) mass is 282 g/mol. The lowest BCUT2D eigenvalue weighted by atomic mass is 9.89. The first-order valence-corrected chi connectivity index (χ1v) is 6.88. The van der Waals surface area contributed by atoms with Crippen LogP contribution < -0.4 is 0 Å². The van der Waals surface area contributed by atoms with Crippen LogP contribution >= 0.6 is 15.9 Å².